The number of imidazole rings is 1. The van der Waals surface area contributed by atoms with E-state index in [1.165, 1.54) is 4.90 Å². The van der Waals surface area contributed by atoms with Crippen molar-refractivity contribution in [2.45, 2.75) is 33.4 Å². The smallest absolute Gasteiger partial charge is 0.329 e. The summed E-state index contributed by atoms with van der Waals surface area (Å²) in [6.07, 6.45) is 5.30. The third-order valence-corrected chi connectivity index (χ3v) is 4.54. The molecule has 0 saturated carbocycles. The number of aromatic nitrogens is 2. The molecular formula is C19H23N5O3. The summed E-state index contributed by atoms with van der Waals surface area (Å²) in [5.74, 6) is -0.530. The molecule has 2 N–H and O–H groups in total. The summed E-state index contributed by atoms with van der Waals surface area (Å²) in [6.45, 7) is 6.81. The fourth-order valence-electron chi connectivity index (χ4n) is 2.83. The molecule has 0 spiro atoms. The van der Waals surface area contributed by atoms with Gasteiger partial charge in [-0.1, -0.05) is 20.8 Å². The van der Waals surface area contributed by atoms with Crippen LogP contribution in [0.1, 0.15) is 31.1 Å². The van der Waals surface area contributed by atoms with E-state index in [-0.39, 0.29) is 29.8 Å². The average molecular weight is 369 g/mol. The van der Waals surface area contributed by atoms with E-state index in [9.17, 15) is 14.4 Å². The van der Waals surface area contributed by atoms with E-state index in [2.05, 4.69) is 36.4 Å². The van der Waals surface area contributed by atoms with Gasteiger partial charge in [0.25, 0.3) is 5.91 Å². The number of anilines is 1. The van der Waals surface area contributed by atoms with Crippen LogP contribution in [0.3, 0.4) is 0 Å². The van der Waals surface area contributed by atoms with Crippen LogP contribution in [0.2, 0.25) is 0 Å². The molecule has 2 heterocycles. The lowest BCUT2D eigenvalue weighted by molar-refractivity contribution is -0.117. The van der Waals surface area contributed by atoms with Gasteiger partial charge in [-0.2, -0.15) is 0 Å². The molecule has 142 valence electrons. The molecule has 1 aromatic heterocycles. The van der Waals surface area contributed by atoms with Gasteiger partial charge in [0.05, 0.1) is 12.4 Å². The molecule has 2 aromatic rings. The normalized spacial score (nSPS) is 15.6. The fraction of sp³-hybridized carbons (Fsp3) is 0.368. The molecule has 1 fully saturated rings. The molecule has 1 unspecified atom stereocenters. The molecule has 3 rings (SSSR count). The minimum atomic E-state index is -0.453. The van der Waals surface area contributed by atoms with E-state index >= 15 is 0 Å². The Labute approximate surface area is 157 Å². The Morgan fingerprint density at radius 2 is 1.96 bits per heavy atom. The van der Waals surface area contributed by atoms with E-state index in [4.69, 9.17) is 0 Å². The van der Waals surface area contributed by atoms with Crippen molar-refractivity contribution >= 4 is 23.5 Å². The largest absolute Gasteiger partial charge is 0.347 e. The second-order valence-electron chi connectivity index (χ2n) is 7.64. The molecule has 1 saturated heterocycles. The maximum Gasteiger partial charge on any atom is 0.329 e. The quantitative estimate of drug-likeness (QED) is 0.785. The fourth-order valence-corrected chi connectivity index (χ4v) is 2.83. The predicted molar refractivity (Wildman–Crippen MR) is 100 cm³/mol. The lowest BCUT2D eigenvalue weighted by atomic mass is 9.86. The standard InChI is InChI=1S/C19H23N5O3/c1-19(2,3)15(10-23-9-8-20-12-23)21-17(26)13-4-6-14(7-5-13)24-11-16(25)22-18(24)27/h4-9,12,15H,10-11H2,1-3H3,(H,21,26)(H,22,25,27). The first kappa shape index (κ1) is 18.6. The van der Waals surface area contributed by atoms with Gasteiger partial charge in [-0.3, -0.25) is 19.8 Å². The Morgan fingerprint density at radius 3 is 2.48 bits per heavy atom. The van der Waals surface area contributed by atoms with E-state index in [1.54, 1.807) is 36.8 Å². The van der Waals surface area contributed by atoms with Gasteiger partial charge < -0.3 is 9.88 Å². The van der Waals surface area contributed by atoms with Crippen LogP contribution >= 0.6 is 0 Å². The first-order valence-corrected chi connectivity index (χ1v) is 8.72. The Morgan fingerprint density at radius 1 is 1.26 bits per heavy atom. The predicted octanol–water partition coefficient (Wildman–Crippen LogP) is 1.78. The third kappa shape index (κ3) is 4.33. The number of hydrogen-bond donors (Lipinski definition) is 2. The first-order chi connectivity index (χ1) is 12.7. The van der Waals surface area contributed by atoms with Gasteiger partial charge in [-0.15, -0.1) is 0 Å². The number of carbonyl (C=O) groups excluding carboxylic acids is 3. The zero-order valence-electron chi connectivity index (χ0n) is 15.6. The van der Waals surface area contributed by atoms with Crippen molar-refractivity contribution in [3.63, 3.8) is 0 Å². The molecular weight excluding hydrogens is 346 g/mol. The van der Waals surface area contributed by atoms with Gasteiger partial charge in [0.1, 0.15) is 6.54 Å². The van der Waals surface area contributed by atoms with E-state index < -0.39 is 6.03 Å². The van der Waals surface area contributed by atoms with Crippen molar-refractivity contribution in [2.75, 3.05) is 11.4 Å². The third-order valence-electron chi connectivity index (χ3n) is 4.54. The molecule has 0 radical (unpaired) electrons. The summed E-state index contributed by atoms with van der Waals surface area (Å²) in [5.41, 5.74) is 0.915. The highest BCUT2D eigenvalue weighted by atomic mass is 16.2. The summed E-state index contributed by atoms with van der Waals surface area (Å²) in [4.78, 5) is 41.1. The number of carbonyl (C=O) groups is 3. The van der Waals surface area contributed by atoms with E-state index in [0.29, 0.717) is 17.8 Å². The molecule has 0 aliphatic carbocycles. The van der Waals surface area contributed by atoms with Crippen LogP contribution in [0.4, 0.5) is 10.5 Å². The number of nitrogens with one attached hydrogen (secondary N) is 2. The number of urea groups is 1. The summed E-state index contributed by atoms with van der Waals surface area (Å²) in [6, 6.07) is 6.07. The monoisotopic (exact) mass is 369 g/mol. The van der Waals surface area contributed by atoms with Gasteiger partial charge in [0.15, 0.2) is 0 Å². The van der Waals surface area contributed by atoms with E-state index in [1.807, 2.05) is 10.8 Å². The lowest BCUT2D eigenvalue weighted by Gasteiger charge is -2.31. The number of amides is 4. The van der Waals surface area contributed by atoms with Crippen molar-refractivity contribution in [3.05, 3.63) is 48.5 Å². The van der Waals surface area contributed by atoms with Gasteiger partial charge in [-0.05, 0) is 29.7 Å². The Hall–Kier alpha value is -3.16. The van der Waals surface area contributed by atoms with Crippen LogP contribution in [-0.4, -0.2) is 40.0 Å². The van der Waals surface area contributed by atoms with Crippen LogP contribution in [0.5, 0.6) is 0 Å². The molecule has 8 nitrogen and oxygen atoms in total. The molecule has 1 aliphatic heterocycles. The van der Waals surface area contributed by atoms with Crippen molar-refractivity contribution in [1.82, 2.24) is 20.2 Å². The SMILES string of the molecule is CC(C)(C)C(Cn1ccnc1)NC(=O)c1ccc(N2CC(=O)NC2=O)cc1. The highest BCUT2D eigenvalue weighted by molar-refractivity contribution is 6.12. The number of imide groups is 1. The highest BCUT2D eigenvalue weighted by Gasteiger charge is 2.29. The molecule has 0 bridgehead atoms. The second kappa shape index (κ2) is 7.22. The topological polar surface area (TPSA) is 96.3 Å². The van der Waals surface area contributed by atoms with Crippen LogP contribution in [-0.2, 0) is 11.3 Å². The van der Waals surface area contributed by atoms with Crippen molar-refractivity contribution in [1.29, 1.82) is 0 Å². The Kier molecular flexibility index (Phi) is 4.98. The highest BCUT2D eigenvalue weighted by Crippen LogP contribution is 2.22. The zero-order chi connectivity index (χ0) is 19.6. The summed E-state index contributed by atoms with van der Waals surface area (Å²) in [5, 5.41) is 5.31. The minimum absolute atomic E-state index is 0.0125. The van der Waals surface area contributed by atoms with E-state index in [0.717, 1.165) is 0 Å². The van der Waals surface area contributed by atoms with Crippen LogP contribution < -0.4 is 15.5 Å². The molecule has 1 aliphatic rings. The van der Waals surface area contributed by atoms with Crippen molar-refractivity contribution in [2.24, 2.45) is 5.41 Å². The van der Waals surface area contributed by atoms with Crippen LogP contribution in [0, 0.1) is 5.41 Å². The van der Waals surface area contributed by atoms with Crippen LogP contribution in [0.25, 0.3) is 0 Å². The second-order valence-corrected chi connectivity index (χ2v) is 7.64. The van der Waals surface area contributed by atoms with Crippen LogP contribution in [0.15, 0.2) is 43.0 Å². The summed E-state index contributed by atoms with van der Waals surface area (Å²) < 4.78 is 1.93. The molecule has 1 aromatic carbocycles. The number of hydrogen-bond acceptors (Lipinski definition) is 4. The van der Waals surface area contributed by atoms with Gasteiger partial charge in [0, 0.05) is 30.2 Å². The summed E-state index contributed by atoms with van der Waals surface area (Å²) in [7, 11) is 0. The molecule has 27 heavy (non-hydrogen) atoms. The Bertz CT molecular complexity index is 837. The number of rotatable bonds is 5. The number of nitrogens with zero attached hydrogens (tertiary/aromatic N) is 3. The number of benzene rings is 1. The van der Waals surface area contributed by atoms with Gasteiger partial charge in [-0.25, -0.2) is 9.78 Å². The summed E-state index contributed by atoms with van der Waals surface area (Å²) >= 11 is 0. The van der Waals surface area contributed by atoms with Crippen molar-refractivity contribution < 1.29 is 14.4 Å². The van der Waals surface area contributed by atoms with Gasteiger partial charge in [0.2, 0.25) is 5.91 Å². The lowest BCUT2D eigenvalue weighted by Crippen LogP contribution is -2.46. The maximum absolute atomic E-state index is 12.7. The average Bonchev–Trinajstić information content (AvgIpc) is 3.22. The molecule has 8 heteroatoms. The van der Waals surface area contributed by atoms with Crippen molar-refractivity contribution in [3.8, 4) is 0 Å². The molecule has 4 amide bonds. The molecule has 1 atom stereocenters. The first-order valence-electron chi connectivity index (χ1n) is 8.72. The maximum atomic E-state index is 12.7. The van der Waals surface area contributed by atoms with Gasteiger partial charge >= 0.3 is 6.03 Å². The zero-order valence-corrected chi connectivity index (χ0v) is 15.6. The Balaban J connectivity index is 1.70. The minimum Gasteiger partial charge on any atom is -0.347 e.